The molecule has 5 nitrogen and oxygen atoms in total. The second kappa shape index (κ2) is 6.26. The molecule has 1 unspecified atom stereocenters. The standard InChI is InChI=1S/C16H24N4O/c1-11(2)8-16(3,10-17)20-14(21)7-12-9-19-15-13(12)5-4-6-18-15/h4-6,9,11H,7-8,10,17H2,1-3H3,(H,18,19)(H,20,21). The van der Waals surface area contributed by atoms with Crippen molar-refractivity contribution in [3.8, 4) is 0 Å². The molecule has 0 aliphatic rings. The van der Waals surface area contributed by atoms with Crippen molar-refractivity contribution < 1.29 is 4.79 Å². The topological polar surface area (TPSA) is 83.8 Å². The molecule has 0 fully saturated rings. The van der Waals surface area contributed by atoms with E-state index in [2.05, 4.69) is 29.1 Å². The number of rotatable bonds is 6. The van der Waals surface area contributed by atoms with Gasteiger partial charge in [-0.1, -0.05) is 13.8 Å². The first-order chi connectivity index (χ1) is 9.93. The Bertz CT molecular complexity index is 620. The molecule has 2 rings (SSSR count). The van der Waals surface area contributed by atoms with Crippen LogP contribution in [-0.4, -0.2) is 28.0 Å². The molecule has 1 amide bonds. The number of hydrogen-bond acceptors (Lipinski definition) is 3. The first-order valence-electron chi connectivity index (χ1n) is 7.35. The Hall–Kier alpha value is -1.88. The number of hydrogen-bond donors (Lipinski definition) is 3. The molecule has 21 heavy (non-hydrogen) atoms. The minimum absolute atomic E-state index is 0.00615. The minimum atomic E-state index is -0.352. The monoisotopic (exact) mass is 288 g/mol. The van der Waals surface area contributed by atoms with Crippen LogP contribution in [-0.2, 0) is 11.2 Å². The minimum Gasteiger partial charge on any atom is -0.349 e. The summed E-state index contributed by atoms with van der Waals surface area (Å²) in [7, 11) is 0. The van der Waals surface area contributed by atoms with E-state index in [0.29, 0.717) is 18.9 Å². The van der Waals surface area contributed by atoms with Crippen LogP contribution >= 0.6 is 0 Å². The number of nitrogens with two attached hydrogens (primary N) is 1. The van der Waals surface area contributed by atoms with Crippen LogP contribution in [0.5, 0.6) is 0 Å². The average molecular weight is 288 g/mol. The van der Waals surface area contributed by atoms with Gasteiger partial charge in [-0.05, 0) is 37.0 Å². The van der Waals surface area contributed by atoms with Gasteiger partial charge in [0.2, 0.25) is 5.91 Å². The molecule has 0 saturated heterocycles. The first kappa shape index (κ1) is 15.5. The number of carbonyl (C=O) groups is 1. The first-order valence-corrected chi connectivity index (χ1v) is 7.35. The van der Waals surface area contributed by atoms with E-state index in [-0.39, 0.29) is 11.4 Å². The quantitative estimate of drug-likeness (QED) is 0.760. The van der Waals surface area contributed by atoms with Crippen LogP contribution in [0.4, 0.5) is 0 Å². The average Bonchev–Trinajstić information content (AvgIpc) is 2.81. The van der Waals surface area contributed by atoms with E-state index >= 15 is 0 Å². The van der Waals surface area contributed by atoms with Crippen molar-refractivity contribution in [1.29, 1.82) is 0 Å². The maximum atomic E-state index is 12.3. The van der Waals surface area contributed by atoms with Gasteiger partial charge in [-0.2, -0.15) is 0 Å². The third kappa shape index (κ3) is 3.82. The second-order valence-corrected chi connectivity index (χ2v) is 6.30. The lowest BCUT2D eigenvalue weighted by Gasteiger charge is -2.31. The van der Waals surface area contributed by atoms with Crippen LogP contribution in [0.3, 0.4) is 0 Å². The van der Waals surface area contributed by atoms with Crippen LogP contribution in [0.2, 0.25) is 0 Å². The van der Waals surface area contributed by atoms with Crippen molar-refractivity contribution in [3.63, 3.8) is 0 Å². The van der Waals surface area contributed by atoms with Gasteiger partial charge in [0.05, 0.1) is 6.42 Å². The highest BCUT2D eigenvalue weighted by Gasteiger charge is 2.26. The number of carbonyl (C=O) groups excluding carboxylic acids is 1. The normalized spacial score (nSPS) is 14.3. The summed E-state index contributed by atoms with van der Waals surface area (Å²) in [6.07, 6.45) is 4.78. The molecule has 0 aliphatic carbocycles. The Labute approximate surface area is 125 Å². The molecule has 0 spiro atoms. The molecular formula is C16H24N4O. The Morgan fingerprint density at radius 3 is 2.95 bits per heavy atom. The zero-order valence-electron chi connectivity index (χ0n) is 12.9. The molecule has 0 saturated carbocycles. The third-order valence-corrected chi connectivity index (χ3v) is 3.64. The molecule has 4 N–H and O–H groups in total. The molecule has 0 aromatic carbocycles. The molecule has 1 atom stereocenters. The molecule has 0 aliphatic heterocycles. The highest BCUT2D eigenvalue weighted by atomic mass is 16.1. The Morgan fingerprint density at radius 2 is 2.29 bits per heavy atom. The fraction of sp³-hybridized carbons (Fsp3) is 0.500. The fourth-order valence-corrected chi connectivity index (χ4v) is 2.80. The van der Waals surface area contributed by atoms with E-state index < -0.39 is 0 Å². The Morgan fingerprint density at radius 1 is 1.52 bits per heavy atom. The number of fused-ring (bicyclic) bond motifs is 1. The molecule has 0 radical (unpaired) electrons. The van der Waals surface area contributed by atoms with E-state index in [9.17, 15) is 4.79 Å². The van der Waals surface area contributed by atoms with E-state index in [0.717, 1.165) is 23.0 Å². The van der Waals surface area contributed by atoms with Gasteiger partial charge in [0.25, 0.3) is 0 Å². The zero-order valence-corrected chi connectivity index (χ0v) is 12.9. The van der Waals surface area contributed by atoms with E-state index in [1.807, 2.05) is 25.3 Å². The van der Waals surface area contributed by atoms with Gasteiger partial charge in [0.1, 0.15) is 5.65 Å². The van der Waals surface area contributed by atoms with Gasteiger partial charge >= 0.3 is 0 Å². The number of aromatic amines is 1. The predicted octanol–water partition coefficient (Wildman–Crippen LogP) is 1.99. The number of nitrogens with zero attached hydrogens (tertiary/aromatic N) is 1. The van der Waals surface area contributed by atoms with Crippen molar-refractivity contribution in [1.82, 2.24) is 15.3 Å². The summed E-state index contributed by atoms with van der Waals surface area (Å²) in [6.45, 7) is 6.70. The van der Waals surface area contributed by atoms with Crippen molar-refractivity contribution in [3.05, 3.63) is 30.1 Å². The third-order valence-electron chi connectivity index (χ3n) is 3.64. The highest BCUT2D eigenvalue weighted by Crippen LogP contribution is 2.18. The van der Waals surface area contributed by atoms with Gasteiger partial charge in [-0.15, -0.1) is 0 Å². The largest absolute Gasteiger partial charge is 0.349 e. The van der Waals surface area contributed by atoms with Gasteiger partial charge in [-0.25, -0.2) is 4.98 Å². The van der Waals surface area contributed by atoms with Crippen LogP contribution in [0.1, 0.15) is 32.8 Å². The molecular weight excluding hydrogens is 264 g/mol. The summed E-state index contributed by atoms with van der Waals surface area (Å²) in [5, 5.41) is 4.07. The molecule has 5 heteroatoms. The van der Waals surface area contributed by atoms with Crippen molar-refractivity contribution in [2.75, 3.05) is 6.54 Å². The van der Waals surface area contributed by atoms with E-state index in [1.165, 1.54) is 0 Å². The number of amides is 1. The van der Waals surface area contributed by atoms with Crippen molar-refractivity contribution >= 4 is 16.9 Å². The smallest absolute Gasteiger partial charge is 0.224 e. The number of H-pyrrole nitrogens is 1. The van der Waals surface area contributed by atoms with Crippen LogP contribution in [0.15, 0.2) is 24.5 Å². The second-order valence-electron chi connectivity index (χ2n) is 6.30. The SMILES string of the molecule is CC(C)CC(C)(CN)NC(=O)Cc1c[nH]c2ncccc12. The number of nitrogens with one attached hydrogen (secondary N) is 2. The van der Waals surface area contributed by atoms with Gasteiger partial charge in [0, 0.05) is 29.9 Å². The van der Waals surface area contributed by atoms with Gasteiger partial charge in [0.15, 0.2) is 0 Å². The maximum absolute atomic E-state index is 12.3. The predicted molar refractivity (Wildman–Crippen MR) is 84.9 cm³/mol. The van der Waals surface area contributed by atoms with Crippen LogP contribution in [0.25, 0.3) is 11.0 Å². The molecule has 2 aromatic rings. The van der Waals surface area contributed by atoms with Gasteiger partial charge in [-0.3, -0.25) is 4.79 Å². The summed E-state index contributed by atoms with van der Waals surface area (Å²) < 4.78 is 0. The lowest BCUT2D eigenvalue weighted by atomic mass is 9.90. The highest BCUT2D eigenvalue weighted by molar-refractivity contribution is 5.87. The molecule has 0 bridgehead atoms. The van der Waals surface area contributed by atoms with E-state index in [1.54, 1.807) is 6.20 Å². The van der Waals surface area contributed by atoms with E-state index in [4.69, 9.17) is 5.73 Å². The van der Waals surface area contributed by atoms with Crippen molar-refractivity contribution in [2.24, 2.45) is 11.7 Å². The maximum Gasteiger partial charge on any atom is 0.224 e. The lowest BCUT2D eigenvalue weighted by molar-refractivity contribution is -0.122. The molecule has 2 aromatic heterocycles. The molecule has 2 heterocycles. The summed E-state index contributed by atoms with van der Waals surface area (Å²) in [5.41, 5.74) is 7.25. The summed E-state index contributed by atoms with van der Waals surface area (Å²) in [4.78, 5) is 19.6. The summed E-state index contributed by atoms with van der Waals surface area (Å²) in [6, 6.07) is 3.85. The fourth-order valence-electron chi connectivity index (χ4n) is 2.80. The Kier molecular flexibility index (Phi) is 4.63. The molecule has 114 valence electrons. The summed E-state index contributed by atoms with van der Waals surface area (Å²) in [5.74, 6) is 0.476. The summed E-state index contributed by atoms with van der Waals surface area (Å²) >= 11 is 0. The number of pyridine rings is 1. The van der Waals surface area contributed by atoms with Crippen LogP contribution < -0.4 is 11.1 Å². The van der Waals surface area contributed by atoms with Gasteiger partial charge < -0.3 is 16.0 Å². The number of aromatic nitrogens is 2. The lowest BCUT2D eigenvalue weighted by Crippen LogP contribution is -2.52. The Balaban J connectivity index is 2.07. The van der Waals surface area contributed by atoms with Crippen LogP contribution in [0, 0.1) is 5.92 Å². The van der Waals surface area contributed by atoms with Crippen molar-refractivity contribution in [2.45, 2.75) is 39.2 Å². The zero-order chi connectivity index (χ0) is 15.5.